The summed E-state index contributed by atoms with van der Waals surface area (Å²) in [5.74, 6) is -2.54. The van der Waals surface area contributed by atoms with Crippen molar-refractivity contribution in [2.45, 2.75) is 25.7 Å². The van der Waals surface area contributed by atoms with Crippen LogP contribution >= 0.6 is 0 Å². The molecule has 0 fully saturated rings. The monoisotopic (exact) mass is 249 g/mol. The quantitative estimate of drug-likeness (QED) is 0.612. The summed E-state index contributed by atoms with van der Waals surface area (Å²) in [4.78, 5) is 10.3. The second-order valence-corrected chi connectivity index (χ2v) is 2.84. The molecule has 94 valence electrons. The van der Waals surface area contributed by atoms with Crippen molar-refractivity contribution in [3.63, 3.8) is 0 Å². The van der Waals surface area contributed by atoms with E-state index in [4.69, 9.17) is 0 Å². The first kappa shape index (κ1) is 14.8. The summed E-state index contributed by atoms with van der Waals surface area (Å²) in [6, 6.07) is 0. The van der Waals surface area contributed by atoms with Gasteiger partial charge in [0.1, 0.15) is 5.70 Å². The number of hydrogen-bond acceptors (Lipinski definition) is 2. The molecule has 0 aromatic rings. The van der Waals surface area contributed by atoms with Gasteiger partial charge in [-0.2, -0.15) is 26.3 Å². The number of rotatable bonds is 4. The van der Waals surface area contributed by atoms with Crippen molar-refractivity contribution in [1.29, 1.82) is 0 Å². The van der Waals surface area contributed by atoms with E-state index in [9.17, 15) is 31.1 Å². The van der Waals surface area contributed by atoms with Crippen LogP contribution in [0.25, 0.3) is 0 Å². The molecule has 0 heterocycles. The SMILES string of the molecule is CCCN/C(=C/C(=O)C(F)(F)F)C(F)(F)F. The number of alkyl halides is 6. The highest BCUT2D eigenvalue weighted by Gasteiger charge is 2.41. The van der Waals surface area contributed by atoms with Gasteiger partial charge in [0.2, 0.25) is 0 Å². The van der Waals surface area contributed by atoms with Crippen LogP contribution in [0.2, 0.25) is 0 Å². The standard InChI is InChI=1S/C8H9F6NO/c1-2-3-15-5(7(9,10)11)4-6(16)8(12,13)14/h4,15H,2-3H2,1H3/b5-4+. The van der Waals surface area contributed by atoms with Crippen molar-refractivity contribution in [2.24, 2.45) is 0 Å². The summed E-state index contributed by atoms with van der Waals surface area (Å²) >= 11 is 0. The lowest BCUT2D eigenvalue weighted by molar-refractivity contribution is -0.166. The molecule has 0 aliphatic carbocycles. The van der Waals surface area contributed by atoms with Crippen LogP contribution in [0.5, 0.6) is 0 Å². The van der Waals surface area contributed by atoms with Crippen LogP contribution in [0.3, 0.4) is 0 Å². The second kappa shape index (κ2) is 5.22. The van der Waals surface area contributed by atoms with E-state index in [2.05, 4.69) is 0 Å². The topological polar surface area (TPSA) is 29.1 Å². The molecule has 16 heavy (non-hydrogen) atoms. The minimum absolute atomic E-state index is 0.170. The summed E-state index contributed by atoms with van der Waals surface area (Å²) < 4.78 is 71.6. The summed E-state index contributed by atoms with van der Waals surface area (Å²) in [6.45, 7) is 1.36. The Morgan fingerprint density at radius 1 is 1.12 bits per heavy atom. The van der Waals surface area contributed by atoms with Gasteiger partial charge in [0, 0.05) is 12.6 Å². The van der Waals surface area contributed by atoms with E-state index in [0.717, 1.165) is 0 Å². The summed E-state index contributed by atoms with van der Waals surface area (Å²) in [7, 11) is 0. The average molecular weight is 249 g/mol. The van der Waals surface area contributed by atoms with Crippen molar-refractivity contribution in [1.82, 2.24) is 5.32 Å². The fourth-order valence-corrected chi connectivity index (χ4v) is 0.706. The highest BCUT2D eigenvalue weighted by atomic mass is 19.4. The van der Waals surface area contributed by atoms with Gasteiger partial charge in [0.15, 0.2) is 0 Å². The van der Waals surface area contributed by atoms with Crippen LogP contribution in [0.15, 0.2) is 11.8 Å². The van der Waals surface area contributed by atoms with Crippen molar-refractivity contribution < 1.29 is 31.1 Å². The lowest BCUT2D eigenvalue weighted by Gasteiger charge is -2.13. The van der Waals surface area contributed by atoms with Gasteiger partial charge in [0.05, 0.1) is 0 Å². The molecule has 0 atom stereocenters. The first-order chi connectivity index (χ1) is 7.09. The first-order valence-corrected chi connectivity index (χ1v) is 4.23. The van der Waals surface area contributed by atoms with E-state index in [1.165, 1.54) is 6.92 Å². The molecule has 1 N–H and O–H groups in total. The summed E-state index contributed by atoms with van der Waals surface area (Å²) in [5, 5.41) is 1.73. The lowest BCUT2D eigenvalue weighted by Crippen LogP contribution is -2.30. The maximum absolute atomic E-state index is 12.1. The molecule has 0 saturated carbocycles. The lowest BCUT2D eigenvalue weighted by atomic mass is 10.3. The van der Waals surface area contributed by atoms with Crippen LogP contribution in [-0.4, -0.2) is 24.7 Å². The maximum atomic E-state index is 12.1. The van der Waals surface area contributed by atoms with E-state index in [1.54, 1.807) is 5.32 Å². The van der Waals surface area contributed by atoms with Gasteiger partial charge in [0.25, 0.3) is 5.78 Å². The Morgan fingerprint density at radius 3 is 1.94 bits per heavy atom. The zero-order chi connectivity index (χ0) is 13.0. The Balaban J connectivity index is 4.90. The van der Waals surface area contributed by atoms with Crippen LogP contribution in [0, 0.1) is 0 Å². The predicted molar refractivity (Wildman–Crippen MR) is 43.5 cm³/mol. The molecule has 0 radical (unpaired) electrons. The molecule has 0 saturated heterocycles. The highest BCUT2D eigenvalue weighted by molar-refractivity contribution is 5.95. The van der Waals surface area contributed by atoms with Crippen molar-refractivity contribution in [2.75, 3.05) is 6.54 Å². The van der Waals surface area contributed by atoms with Gasteiger partial charge < -0.3 is 5.32 Å². The van der Waals surface area contributed by atoms with Crippen LogP contribution < -0.4 is 5.32 Å². The Labute approximate surface area is 87.3 Å². The Bertz CT molecular complexity index is 277. The van der Waals surface area contributed by atoms with Gasteiger partial charge in [-0.25, -0.2) is 0 Å². The molecule has 0 aliphatic heterocycles. The normalized spacial score (nSPS) is 13.8. The molecular formula is C8H9F6NO. The fraction of sp³-hybridized carbons (Fsp3) is 0.625. The second-order valence-electron chi connectivity index (χ2n) is 2.84. The Kier molecular flexibility index (Phi) is 4.82. The molecule has 0 rings (SSSR count). The number of carbonyl (C=O) groups excluding carboxylic acids is 1. The largest absolute Gasteiger partial charge is 0.454 e. The molecule has 8 heteroatoms. The molecule has 2 nitrogen and oxygen atoms in total. The number of hydrogen-bond donors (Lipinski definition) is 1. The molecule has 0 bridgehead atoms. The van der Waals surface area contributed by atoms with Crippen LogP contribution in [0.4, 0.5) is 26.3 Å². The third-order valence-corrected chi connectivity index (χ3v) is 1.43. The minimum Gasteiger partial charge on any atom is -0.381 e. The fourth-order valence-electron chi connectivity index (χ4n) is 0.706. The van der Waals surface area contributed by atoms with E-state index in [0.29, 0.717) is 0 Å². The molecule has 0 amide bonds. The zero-order valence-electron chi connectivity index (χ0n) is 8.17. The first-order valence-electron chi connectivity index (χ1n) is 4.23. The number of nitrogens with one attached hydrogen (secondary N) is 1. The molecule has 0 aliphatic rings. The van der Waals surface area contributed by atoms with E-state index in [-0.39, 0.29) is 13.0 Å². The van der Waals surface area contributed by atoms with Crippen molar-refractivity contribution in [3.05, 3.63) is 11.8 Å². The zero-order valence-corrected chi connectivity index (χ0v) is 8.17. The van der Waals surface area contributed by atoms with Gasteiger partial charge >= 0.3 is 12.4 Å². The van der Waals surface area contributed by atoms with E-state index < -0.39 is 29.9 Å². The van der Waals surface area contributed by atoms with E-state index >= 15 is 0 Å². The molecule has 0 unspecified atom stereocenters. The van der Waals surface area contributed by atoms with Crippen LogP contribution in [0.1, 0.15) is 13.3 Å². The number of ketones is 1. The maximum Gasteiger partial charge on any atom is 0.454 e. The van der Waals surface area contributed by atoms with Crippen molar-refractivity contribution >= 4 is 5.78 Å². The molecule has 0 aromatic heterocycles. The Hall–Kier alpha value is -1.21. The average Bonchev–Trinajstić information content (AvgIpc) is 2.08. The van der Waals surface area contributed by atoms with Crippen LogP contribution in [-0.2, 0) is 4.79 Å². The summed E-state index contributed by atoms with van der Waals surface area (Å²) in [6.07, 6.45) is -10.5. The molecular weight excluding hydrogens is 240 g/mol. The van der Waals surface area contributed by atoms with Crippen molar-refractivity contribution in [3.8, 4) is 0 Å². The number of allylic oxidation sites excluding steroid dienone is 2. The summed E-state index contributed by atoms with van der Waals surface area (Å²) in [5.41, 5.74) is -1.68. The smallest absolute Gasteiger partial charge is 0.381 e. The van der Waals surface area contributed by atoms with E-state index in [1.807, 2.05) is 0 Å². The van der Waals surface area contributed by atoms with Gasteiger partial charge in [-0.3, -0.25) is 4.79 Å². The molecule has 0 aromatic carbocycles. The Morgan fingerprint density at radius 2 is 1.62 bits per heavy atom. The number of halogens is 6. The highest BCUT2D eigenvalue weighted by Crippen LogP contribution is 2.25. The number of carbonyl (C=O) groups is 1. The third kappa shape index (κ3) is 5.04. The molecule has 0 spiro atoms. The van der Waals surface area contributed by atoms with Gasteiger partial charge in [-0.15, -0.1) is 0 Å². The van der Waals surface area contributed by atoms with Gasteiger partial charge in [-0.05, 0) is 6.42 Å². The third-order valence-electron chi connectivity index (χ3n) is 1.43. The van der Waals surface area contributed by atoms with Gasteiger partial charge in [-0.1, -0.05) is 6.92 Å². The minimum atomic E-state index is -5.30. The predicted octanol–water partition coefficient (Wildman–Crippen LogP) is 2.56.